The molecule has 1 fully saturated rings. The van der Waals surface area contributed by atoms with Gasteiger partial charge in [-0.25, -0.2) is 0 Å². The highest BCUT2D eigenvalue weighted by Crippen LogP contribution is 2.32. The Morgan fingerprint density at radius 1 is 1.42 bits per heavy atom. The van der Waals surface area contributed by atoms with E-state index in [1.54, 1.807) is 25.1 Å². The number of rotatable bonds is 7. The molecule has 0 bridgehead atoms. The van der Waals surface area contributed by atoms with Crippen LogP contribution < -0.4 is 20.1 Å². The molecule has 24 heavy (non-hydrogen) atoms. The molecule has 0 aliphatic carbocycles. The zero-order valence-corrected chi connectivity index (χ0v) is 14.3. The SMILES string of the molecule is CCOc1cccc(CNC(=O)C2CCCCN2)c1OC(F)F.Cl. The van der Waals surface area contributed by atoms with Gasteiger partial charge in [0.15, 0.2) is 11.5 Å². The lowest BCUT2D eigenvalue weighted by Gasteiger charge is -2.23. The van der Waals surface area contributed by atoms with Crippen molar-refractivity contribution in [3.8, 4) is 11.5 Å². The second-order valence-corrected chi connectivity index (χ2v) is 5.28. The molecule has 1 saturated heterocycles. The average molecular weight is 365 g/mol. The van der Waals surface area contributed by atoms with Crippen molar-refractivity contribution in [1.82, 2.24) is 10.6 Å². The minimum absolute atomic E-state index is 0. The highest BCUT2D eigenvalue weighted by atomic mass is 35.5. The summed E-state index contributed by atoms with van der Waals surface area (Å²) >= 11 is 0. The largest absolute Gasteiger partial charge is 0.490 e. The van der Waals surface area contributed by atoms with Gasteiger partial charge in [-0.05, 0) is 32.4 Å². The summed E-state index contributed by atoms with van der Waals surface area (Å²) in [7, 11) is 0. The third-order valence-electron chi connectivity index (χ3n) is 3.65. The Morgan fingerprint density at radius 3 is 2.83 bits per heavy atom. The summed E-state index contributed by atoms with van der Waals surface area (Å²) in [5.74, 6) is 0.0890. The van der Waals surface area contributed by atoms with E-state index in [4.69, 9.17) is 4.74 Å². The van der Waals surface area contributed by atoms with Crippen LogP contribution in [0, 0.1) is 0 Å². The first-order chi connectivity index (χ1) is 11.1. The van der Waals surface area contributed by atoms with Crippen LogP contribution in [0.25, 0.3) is 0 Å². The molecule has 5 nitrogen and oxygen atoms in total. The van der Waals surface area contributed by atoms with E-state index in [-0.39, 0.29) is 42.4 Å². The van der Waals surface area contributed by atoms with Gasteiger partial charge in [-0.2, -0.15) is 8.78 Å². The van der Waals surface area contributed by atoms with E-state index in [1.807, 2.05) is 0 Å². The van der Waals surface area contributed by atoms with Crippen LogP contribution in [-0.4, -0.2) is 31.7 Å². The first-order valence-electron chi connectivity index (χ1n) is 7.82. The Morgan fingerprint density at radius 2 is 2.21 bits per heavy atom. The Bertz CT molecular complexity index is 526. The minimum Gasteiger partial charge on any atom is -0.490 e. The first-order valence-corrected chi connectivity index (χ1v) is 7.82. The number of hydrogen-bond acceptors (Lipinski definition) is 4. The number of halogens is 3. The highest BCUT2D eigenvalue weighted by Gasteiger charge is 2.21. The number of para-hydroxylation sites is 1. The molecule has 0 aromatic heterocycles. The number of nitrogens with one attached hydrogen (secondary N) is 2. The van der Waals surface area contributed by atoms with Crippen molar-refractivity contribution in [2.45, 2.75) is 45.4 Å². The highest BCUT2D eigenvalue weighted by molar-refractivity contribution is 5.85. The fourth-order valence-electron chi connectivity index (χ4n) is 2.57. The number of benzene rings is 1. The van der Waals surface area contributed by atoms with Crippen molar-refractivity contribution in [3.63, 3.8) is 0 Å². The maximum Gasteiger partial charge on any atom is 0.387 e. The van der Waals surface area contributed by atoms with Gasteiger partial charge in [-0.15, -0.1) is 12.4 Å². The summed E-state index contributed by atoms with van der Waals surface area (Å²) in [5, 5.41) is 5.92. The lowest BCUT2D eigenvalue weighted by molar-refractivity contribution is -0.123. The van der Waals surface area contributed by atoms with E-state index in [0.29, 0.717) is 12.2 Å². The summed E-state index contributed by atoms with van der Waals surface area (Å²) in [6.45, 7) is 0.0695. The molecule has 2 N–H and O–H groups in total. The zero-order valence-electron chi connectivity index (χ0n) is 13.5. The monoisotopic (exact) mass is 364 g/mol. The third-order valence-corrected chi connectivity index (χ3v) is 3.65. The van der Waals surface area contributed by atoms with E-state index in [9.17, 15) is 13.6 Å². The Labute approximate surface area is 146 Å². The van der Waals surface area contributed by atoms with E-state index in [1.165, 1.54) is 0 Å². The van der Waals surface area contributed by atoms with Gasteiger partial charge in [0.1, 0.15) is 0 Å². The van der Waals surface area contributed by atoms with Crippen molar-refractivity contribution >= 4 is 18.3 Å². The number of alkyl halides is 2. The van der Waals surface area contributed by atoms with Crippen molar-refractivity contribution in [2.24, 2.45) is 0 Å². The summed E-state index contributed by atoms with van der Waals surface area (Å²) in [6, 6.07) is 4.66. The lowest BCUT2D eigenvalue weighted by atomic mass is 10.0. The van der Waals surface area contributed by atoms with E-state index < -0.39 is 6.61 Å². The van der Waals surface area contributed by atoms with Crippen molar-refractivity contribution < 1.29 is 23.0 Å². The molecule has 136 valence electrons. The molecule has 1 aliphatic rings. The van der Waals surface area contributed by atoms with Crippen LogP contribution in [0.1, 0.15) is 31.7 Å². The van der Waals surface area contributed by atoms with Gasteiger partial charge in [0.05, 0.1) is 12.6 Å². The molecule has 1 aromatic carbocycles. The Hall–Kier alpha value is -1.60. The predicted octanol–water partition coefficient (Wildman–Crippen LogP) is 2.87. The van der Waals surface area contributed by atoms with Crippen LogP contribution in [0.15, 0.2) is 18.2 Å². The van der Waals surface area contributed by atoms with E-state index in [0.717, 1.165) is 25.8 Å². The number of amides is 1. The average Bonchev–Trinajstić information content (AvgIpc) is 2.55. The van der Waals surface area contributed by atoms with Crippen LogP contribution in [0.3, 0.4) is 0 Å². The maximum absolute atomic E-state index is 12.6. The molecule has 1 amide bonds. The predicted molar refractivity (Wildman–Crippen MR) is 89.0 cm³/mol. The topological polar surface area (TPSA) is 59.6 Å². The molecule has 0 saturated carbocycles. The van der Waals surface area contributed by atoms with Gasteiger partial charge in [-0.3, -0.25) is 4.79 Å². The number of carbonyl (C=O) groups is 1. The molecule has 0 radical (unpaired) electrons. The van der Waals surface area contributed by atoms with E-state index in [2.05, 4.69) is 15.4 Å². The number of piperidine rings is 1. The van der Waals surface area contributed by atoms with Gasteiger partial charge < -0.3 is 20.1 Å². The first kappa shape index (κ1) is 20.4. The van der Waals surface area contributed by atoms with Gasteiger partial charge >= 0.3 is 6.61 Å². The molecule has 8 heteroatoms. The minimum atomic E-state index is -2.95. The second-order valence-electron chi connectivity index (χ2n) is 5.28. The lowest BCUT2D eigenvalue weighted by Crippen LogP contribution is -2.46. The summed E-state index contributed by atoms with van der Waals surface area (Å²) in [5.41, 5.74) is 0.459. The van der Waals surface area contributed by atoms with E-state index >= 15 is 0 Å². The van der Waals surface area contributed by atoms with Crippen molar-refractivity contribution in [1.29, 1.82) is 0 Å². The van der Waals surface area contributed by atoms with Crippen LogP contribution in [0.4, 0.5) is 8.78 Å². The van der Waals surface area contributed by atoms with Gasteiger partial charge in [0.2, 0.25) is 5.91 Å². The van der Waals surface area contributed by atoms with Crippen molar-refractivity contribution in [2.75, 3.05) is 13.2 Å². The van der Waals surface area contributed by atoms with Gasteiger partial charge in [-0.1, -0.05) is 18.6 Å². The van der Waals surface area contributed by atoms with Crippen LogP contribution in [-0.2, 0) is 11.3 Å². The van der Waals surface area contributed by atoms with Gasteiger partial charge in [0.25, 0.3) is 0 Å². The van der Waals surface area contributed by atoms with Crippen LogP contribution in [0.2, 0.25) is 0 Å². The molecule has 2 rings (SSSR count). The number of hydrogen-bond donors (Lipinski definition) is 2. The number of ether oxygens (including phenoxy) is 2. The normalized spacial score (nSPS) is 17.1. The summed E-state index contributed by atoms with van der Waals surface area (Å²) in [4.78, 5) is 12.1. The quantitative estimate of drug-likeness (QED) is 0.781. The summed E-state index contributed by atoms with van der Waals surface area (Å²) < 4.78 is 35.2. The molecule has 1 aliphatic heterocycles. The molecule has 1 unspecified atom stereocenters. The van der Waals surface area contributed by atoms with Crippen LogP contribution >= 0.6 is 12.4 Å². The second kappa shape index (κ2) is 10.3. The fraction of sp³-hybridized carbons (Fsp3) is 0.562. The zero-order chi connectivity index (χ0) is 16.7. The molecule has 1 aromatic rings. The molecule has 1 heterocycles. The molecule has 0 spiro atoms. The standard InChI is InChI=1S/C16H22F2N2O3.ClH/c1-2-22-13-8-5-6-11(14(13)23-16(17)18)10-20-15(21)12-7-3-4-9-19-12;/h5-6,8,12,16,19H,2-4,7,9-10H2,1H3,(H,20,21);1H. The Kier molecular flexibility index (Phi) is 8.78. The van der Waals surface area contributed by atoms with Gasteiger partial charge in [0, 0.05) is 12.1 Å². The fourth-order valence-corrected chi connectivity index (χ4v) is 2.57. The number of carbonyl (C=O) groups excluding carboxylic acids is 1. The molecular weight excluding hydrogens is 342 g/mol. The Balaban J connectivity index is 0.00000288. The van der Waals surface area contributed by atoms with Crippen LogP contribution in [0.5, 0.6) is 11.5 Å². The third kappa shape index (κ3) is 5.79. The summed E-state index contributed by atoms with van der Waals surface area (Å²) in [6.07, 6.45) is 2.85. The smallest absolute Gasteiger partial charge is 0.387 e. The maximum atomic E-state index is 12.6. The van der Waals surface area contributed by atoms with Crippen molar-refractivity contribution in [3.05, 3.63) is 23.8 Å². The molecular formula is C16H23ClF2N2O3. The molecule has 1 atom stereocenters.